The summed E-state index contributed by atoms with van der Waals surface area (Å²) in [6.45, 7) is 2.98. The lowest BCUT2D eigenvalue weighted by atomic mass is 9.87. The van der Waals surface area contributed by atoms with Gasteiger partial charge < -0.3 is 48.5 Å². The van der Waals surface area contributed by atoms with Gasteiger partial charge in [-0.3, -0.25) is 28.8 Å². The van der Waals surface area contributed by atoms with Crippen molar-refractivity contribution in [2.24, 2.45) is 0 Å². The maximum Gasteiger partial charge on any atom is 0.366 e. The van der Waals surface area contributed by atoms with E-state index in [0.717, 1.165) is 45.9 Å². The zero-order chi connectivity index (χ0) is 45.2. The highest BCUT2D eigenvalue weighted by Crippen LogP contribution is 2.38. The van der Waals surface area contributed by atoms with Crippen LogP contribution in [0.25, 0.3) is 11.1 Å². The number of carbonyl (C=O) groups is 7. The summed E-state index contributed by atoms with van der Waals surface area (Å²) in [7, 11) is 1.05. The number of carbonyl (C=O) groups excluding carboxylic acids is 7. The van der Waals surface area contributed by atoms with Gasteiger partial charge in [0.05, 0.1) is 45.8 Å². The molecule has 1 aliphatic heterocycles. The first-order chi connectivity index (χ1) is 29.6. The monoisotopic (exact) mass is 858 g/mol. The number of benzene rings is 3. The van der Waals surface area contributed by atoms with Crippen molar-refractivity contribution < 1.29 is 71.5 Å². The Morgan fingerprint density at radius 1 is 0.806 bits per heavy atom. The van der Waals surface area contributed by atoms with E-state index in [4.69, 9.17) is 44.3 Å². The van der Waals surface area contributed by atoms with Crippen LogP contribution in [-0.2, 0) is 79.7 Å². The largest absolute Gasteiger partial charge is 0.493 e. The number of esters is 5. The summed E-state index contributed by atoms with van der Waals surface area (Å²) in [5, 5.41) is 5.27. The van der Waals surface area contributed by atoms with E-state index in [1.807, 2.05) is 42.5 Å². The lowest BCUT2D eigenvalue weighted by molar-refractivity contribution is -0.317. The van der Waals surface area contributed by atoms with Crippen LogP contribution < -0.4 is 15.4 Å². The molecule has 2 amide bonds. The minimum Gasteiger partial charge on any atom is -0.493 e. The van der Waals surface area contributed by atoms with Gasteiger partial charge in [0.1, 0.15) is 18.0 Å². The first-order valence-corrected chi connectivity index (χ1v) is 19.5. The van der Waals surface area contributed by atoms with Crippen LogP contribution >= 0.6 is 0 Å². The highest BCUT2D eigenvalue weighted by molar-refractivity contribution is 5.81. The van der Waals surface area contributed by atoms with Crippen molar-refractivity contribution in [1.29, 1.82) is 0 Å². The topological polar surface area (TPSA) is 217 Å². The predicted octanol–water partition coefficient (Wildman–Crippen LogP) is 3.13. The van der Waals surface area contributed by atoms with E-state index in [1.165, 1.54) is 0 Å². The molecule has 1 unspecified atom stereocenters. The quantitative estimate of drug-likeness (QED) is 0.0722. The molecule has 0 spiro atoms. The normalized spacial score (nSPS) is 18.9. The number of ether oxygens (including phenoxy) is 8. The molecule has 0 aromatic heterocycles. The average molecular weight is 859 g/mol. The van der Waals surface area contributed by atoms with E-state index in [0.29, 0.717) is 23.3 Å². The summed E-state index contributed by atoms with van der Waals surface area (Å²) < 4.78 is 45.3. The highest BCUT2D eigenvalue weighted by atomic mass is 16.7. The molecule has 17 heteroatoms. The molecule has 1 heterocycles. The van der Waals surface area contributed by atoms with Gasteiger partial charge >= 0.3 is 29.8 Å². The van der Waals surface area contributed by atoms with Crippen LogP contribution in [-0.4, -0.2) is 105 Å². The molecule has 0 bridgehead atoms. The maximum atomic E-state index is 13.8. The van der Waals surface area contributed by atoms with E-state index in [-0.39, 0.29) is 19.6 Å². The zero-order valence-electron chi connectivity index (χ0n) is 35.0. The second-order valence-corrected chi connectivity index (χ2v) is 14.1. The highest BCUT2D eigenvalue weighted by Gasteiger charge is 2.59. The number of hydrogen-bond acceptors (Lipinski definition) is 15. The van der Waals surface area contributed by atoms with Crippen LogP contribution in [0.15, 0.2) is 78.9 Å². The van der Waals surface area contributed by atoms with E-state index >= 15 is 0 Å². The van der Waals surface area contributed by atoms with E-state index in [9.17, 15) is 33.6 Å². The van der Waals surface area contributed by atoms with Crippen LogP contribution in [0.1, 0.15) is 51.7 Å². The average Bonchev–Trinajstić information content (AvgIpc) is 3.24. The molecule has 0 saturated carbocycles. The van der Waals surface area contributed by atoms with Crippen LogP contribution in [0.4, 0.5) is 0 Å². The van der Waals surface area contributed by atoms with Crippen molar-refractivity contribution in [3.05, 3.63) is 90.0 Å². The number of rotatable bonds is 20. The Morgan fingerprint density at radius 2 is 1.45 bits per heavy atom. The molecule has 6 atom stereocenters. The van der Waals surface area contributed by atoms with Gasteiger partial charge in [0.15, 0.2) is 18.8 Å². The summed E-state index contributed by atoms with van der Waals surface area (Å²) in [5.74, 6) is -5.44. The zero-order valence-corrected chi connectivity index (χ0v) is 35.0. The number of hydrogen-bond donors (Lipinski definition) is 2. The van der Waals surface area contributed by atoms with Crippen LogP contribution in [0.2, 0.25) is 0 Å². The van der Waals surface area contributed by atoms with Crippen molar-refractivity contribution in [2.45, 2.75) is 89.8 Å². The maximum absolute atomic E-state index is 13.8. The van der Waals surface area contributed by atoms with Gasteiger partial charge in [-0.25, -0.2) is 4.79 Å². The van der Waals surface area contributed by atoms with Crippen LogP contribution in [0, 0.1) is 12.3 Å². The summed E-state index contributed by atoms with van der Waals surface area (Å²) in [4.78, 5) is 90.2. The first-order valence-electron chi connectivity index (χ1n) is 19.5. The molecule has 4 rings (SSSR count). The molecule has 2 N–H and O–H groups in total. The molecule has 1 aliphatic rings. The molecular formula is C45H50N2O15. The van der Waals surface area contributed by atoms with Gasteiger partial charge in [-0.1, -0.05) is 66.7 Å². The summed E-state index contributed by atoms with van der Waals surface area (Å²) in [5.41, 5.74) is 3.10. The second-order valence-electron chi connectivity index (χ2n) is 14.1. The fraction of sp³-hybridized carbons (Fsp3) is 0.400. The number of methoxy groups -OCH3 is 1. The summed E-state index contributed by atoms with van der Waals surface area (Å²) in [6, 6.07) is 22.0. The standard InChI is InChI=1S/C45H50N2O15/c1-7-8-22-56-36-20-16-33(17-21-36)26-58-45(44(54)55-6)24-37(59-29(3)49)41(47-40(53)27-57-28(2)48)43(62-45)42(61-31(5)51)38(60-30(4)50)25-46-39(52)23-32-14-18-35(19-15-32)34-12-10-9-11-13-34/h1,9-21,37-38,41-43H,8,22-27H2,2-6H3,(H,46,52)(H,47,53)/t37-,38+,41+,42+,43+,45?/m0/s1. The Balaban J connectivity index is 1.71. The molecule has 3 aromatic rings. The minimum atomic E-state index is -2.44. The Hall–Kier alpha value is -6.77. The van der Waals surface area contributed by atoms with Crippen molar-refractivity contribution in [2.75, 3.05) is 26.9 Å². The molecule has 3 aromatic carbocycles. The number of terminal acetylenes is 1. The van der Waals surface area contributed by atoms with Gasteiger partial charge in [-0.15, -0.1) is 12.3 Å². The molecule has 17 nitrogen and oxygen atoms in total. The molecule has 0 aliphatic carbocycles. The lowest BCUT2D eigenvalue weighted by Gasteiger charge is -2.48. The van der Waals surface area contributed by atoms with E-state index < -0.39 is 97.5 Å². The van der Waals surface area contributed by atoms with Crippen molar-refractivity contribution >= 4 is 41.7 Å². The third kappa shape index (κ3) is 14.5. The fourth-order valence-corrected chi connectivity index (χ4v) is 6.55. The van der Waals surface area contributed by atoms with Crippen molar-refractivity contribution in [3.63, 3.8) is 0 Å². The molecule has 62 heavy (non-hydrogen) atoms. The molecule has 0 radical (unpaired) electrons. The van der Waals surface area contributed by atoms with Gasteiger partial charge in [0.25, 0.3) is 11.7 Å². The first kappa shape index (κ1) is 47.9. The smallest absolute Gasteiger partial charge is 0.366 e. The van der Waals surface area contributed by atoms with E-state index in [2.05, 4.69) is 16.6 Å². The molecular weight excluding hydrogens is 808 g/mol. The van der Waals surface area contributed by atoms with Crippen LogP contribution in [0.5, 0.6) is 5.75 Å². The molecule has 330 valence electrons. The van der Waals surface area contributed by atoms with Crippen LogP contribution in [0.3, 0.4) is 0 Å². The Bertz CT molecular complexity index is 2070. The summed E-state index contributed by atoms with van der Waals surface area (Å²) in [6.07, 6.45) is -1.58. The molecule has 1 saturated heterocycles. The predicted molar refractivity (Wildman–Crippen MR) is 218 cm³/mol. The Labute approximate surface area is 359 Å². The van der Waals surface area contributed by atoms with Crippen molar-refractivity contribution in [1.82, 2.24) is 10.6 Å². The van der Waals surface area contributed by atoms with Gasteiger partial charge in [-0.05, 0) is 34.4 Å². The second kappa shape index (κ2) is 23.3. The minimum absolute atomic E-state index is 0.0965. The lowest BCUT2D eigenvalue weighted by Crippen LogP contribution is -2.69. The summed E-state index contributed by atoms with van der Waals surface area (Å²) >= 11 is 0. The van der Waals surface area contributed by atoms with Gasteiger partial charge in [0.2, 0.25) is 5.91 Å². The Morgan fingerprint density at radius 3 is 2.05 bits per heavy atom. The van der Waals surface area contributed by atoms with Crippen molar-refractivity contribution in [3.8, 4) is 29.2 Å². The third-order valence-electron chi connectivity index (χ3n) is 9.25. The van der Waals surface area contributed by atoms with Gasteiger partial charge in [0, 0.05) is 34.1 Å². The Kier molecular flexibility index (Phi) is 18.0. The number of nitrogens with one attached hydrogen (secondary N) is 2. The molecule has 1 fully saturated rings. The van der Waals surface area contributed by atoms with E-state index in [1.54, 1.807) is 36.4 Å². The fourth-order valence-electron chi connectivity index (χ4n) is 6.55. The SMILES string of the molecule is C#CCCOc1ccc(COC2(C(=O)OC)C[C@H](OC(C)=O)[C@@H](NC(=O)COC(C)=O)[C@H]([C@H](OC(C)=O)[C@@H](CNC(=O)Cc3ccc(-c4ccccc4)cc3)OC(C)=O)O2)cc1. The van der Waals surface area contributed by atoms with Gasteiger partial charge in [-0.2, -0.15) is 0 Å². The number of amides is 2. The third-order valence-corrected chi connectivity index (χ3v) is 9.25.